The lowest BCUT2D eigenvalue weighted by atomic mass is 10.2. The molecule has 0 radical (unpaired) electrons. The van der Waals surface area contributed by atoms with Crippen LogP contribution < -0.4 is 5.32 Å². The lowest BCUT2D eigenvalue weighted by Gasteiger charge is -2.19. The molecule has 1 aliphatic heterocycles. The van der Waals surface area contributed by atoms with Crippen LogP contribution in [0.4, 0.5) is 0 Å². The van der Waals surface area contributed by atoms with Crippen molar-refractivity contribution in [1.82, 2.24) is 10.2 Å². The summed E-state index contributed by atoms with van der Waals surface area (Å²) < 4.78 is 0. The molecule has 1 aliphatic rings. The van der Waals surface area contributed by atoms with Crippen molar-refractivity contribution in [2.24, 2.45) is 0 Å². The average molecular weight is 211 g/mol. The van der Waals surface area contributed by atoms with Gasteiger partial charge in [0.1, 0.15) is 6.17 Å². The molecule has 0 aromatic heterocycles. The Morgan fingerprint density at radius 1 is 1.43 bits per heavy atom. The second-order valence-corrected chi connectivity index (χ2v) is 3.78. The standard InChI is InChI=1S/C10H11ClN2O/c1-13-9(14)6-12-10(13)7-2-4-8(11)5-3-7/h2-5,10,12H,6H2,1H3. The van der Waals surface area contributed by atoms with Crippen LogP contribution >= 0.6 is 11.6 Å². The zero-order valence-electron chi connectivity index (χ0n) is 7.83. The number of halogens is 1. The first-order valence-corrected chi connectivity index (χ1v) is 4.81. The summed E-state index contributed by atoms with van der Waals surface area (Å²) in [7, 11) is 1.79. The van der Waals surface area contributed by atoms with E-state index in [2.05, 4.69) is 5.32 Å². The molecule has 1 amide bonds. The van der Waals surface area contributed by atoms with E-state index in [1.165, 1.54) is 0 Å². The summed E-state index contributed by atoms with van der Waals surface area (Å²) in [4.78, 5) is 13.0. The first-order valence-electron chi connectivity index (χ1n) is 4.43. The van der Waals surface area contributed by atoms with Gasteiger partial charge in [-0.1, -0.05) is 23.7 Å². The molecular weight excluding hydrogens is 200 g/mol. The molecule has 1 atom stereocenters. The highest BCUT2D eigenvalue weighted by Crippen LogP contribution is 2.21. The second-order valence-electron chi connectivity index (χ2n) is 3.34. The molecule has 4 heteroatoms. The molecule has 74 valence electrons. The van der Waals surface area contributed by atoms with Crippen molar-refractivity contribution in [2.75, 3.05) is 13.6 Å². The topological polar surface area (TPSA) is 32.3 Å². The maximum atomic E-state index is 11.3. The van der Waals surface area contributed by atoms with Gasteiger partial charge in [0.05, 0.1) is 6.54 Å². The summed E-state index contributed by atoms with van der Waals surface area (Å²) in [6.45, 7) is 0.407. The summed E-state index contributed by atoms with van der Waals surface area (Å²) >= 11 is 5.78. The molecule has 0 spiro atoms. The number of rotatable bonds is 1. The van der Waals surface area contributed by atoms with E-state index in [9.17, 15) is 4.79 Å². The van der Waals surface area contributed by atoms with Gasteiger partial charge in [-0.25, -0.2) is 0 Å². The Morgan fingerprint density at radius 2 is 2.07 bits per heavy atom. The van der Waals surface area contributed by atoms with Crippen molar-refractivity contribution in [3.8, 4) is 0 Å². The van der Waals surface area contributed by atoms with Crippen LogP contribution in [0.15, 0.2) is 24.3 Å². The molecule has 1 unspecified atom stereocenters. The summed E-state index contributed by atoms with van der Waals surface area (Å²) in [6.07, 6.45) is -0.0141. The number of carbonyl (C=O) groups is 1. The number of hydrogen-bond donors (Lipinski definition) is 1. The number of benzene rings is 1. The molecule has 14 heavy (non-hydrogen) atoms. The van der Waals surface area contributed by atoms with Gasteiger partial charge in [-0.05, 0) is 17.7 Å². The number of hydrogen-bond acceptors (Lipinski definition) is 2. The van der Waals surface area contributed by atoms with Crippen LogP contribution in [0.5, 0.6) is 0 Å². The van der Waals surface area contributed by atoms with Crippen molar-refractivity contribution in [2.45, 2.75) is 6.17 Å². The van der Waals surface area contributed by atoms with Gasteiger partial charge in [-0.15, -0.1) is 0 Å². The van der Waals surface area contributed by atoms with Crippen LogP contribution in [0.1, 0.15) is 11.7 Å². The molecule has 0 saturated carbocycles. The summed E-state index contributed by atoms with van der Waals surface area (Å²) in [6, 6.07) is 7.51. The molecule has 1 N–H and O–H groups in total. The van der Waals surface area contributed by atoms with E-state index in [4.69, 9.17) is 11.6 Å². The number of nitrogens with one attached hydrogen (secondary N) is 1. The Morgan fingerprint density at radius 3 is 2.57 bits per heavy atom. The Balaban J connectivity index is 2.23. The third-order valence-electron chi connectivity index (χ3n) is 2.41. The van der Waals surface area contributed by atoms with E-state index in [1.54, 1.807) is 11.9 Å². The fourth-order valence-corrected chi connectivity index (χ4v) is 1.70. The van der Waals surface area contributed by atoms with Crippen LogP contribution in [0.2, 0.25) is 5.02 Å². The summed E-state index contributed by atoms with van der Waals surface area (Å²) in [5.41, 5.74) is 1.06. The van der Waals surface area contributed by atoms with Gasteiger partial charge in [0.2, 0.25) is 5.91 Å². The molecule has 1 fully saturated rings. The van der Waals surface area contributed by atoms with Crippen LogP contribution in [-0.4, -0.2) is 24.4 Å². The van der Waals surface area contributed by atoms with Crippen LogP contribution in [-0.2, 0) is 4.79 Å². The number of carbonyl (C=O) groups excluding carboxylic acids is 1. The first-order chi connectivity index (χ1) is 6.68. The highest BCUT2D eigenvalue weighted by atomic mass is 35.5. The van der Waals surface area contributed by atoms with Crippen molar-refractivity contribution in [3.05, 3.63) is 34.9 Å². The van der Waals surface area contributed by atoms with Gasteiger partial charge in [-0.3, -0.25) is 10.1 Å². The Hall–Kier alpha value is -1.06. The zero-order chi connectivity index (χ0) is 10.1. The molecule has 1 saturated heterocycles. The molecule has 1 aromatic rings. The largest absolute Gasteiger partial charge is 0.325 e. The number of amides is 1. The first kappa shape index (κ1) is 9.49. The molecular formula is C10H11ClN2O. The van der Waals surface area contributed by atoms with E-state index in [-0.39, 0.29) is 12.1 Å². The monoisotopic (exact) mass is 210 g/mol. The van der Waals surface area contributed by atoms with Gasteiger partial charge in [0, 0.05) is 12.1 Å². The normalized spacial score (nSPS) is 21.7. The van der Waals surface area contributed by atoms with Crippen LogP contribution in [0.3, 0.4) is 0 Å². The molecule has 2 rings (SSSR count). The minimum absolute atomic E-state index is 0.0141. The molecule has 0 bridgehead atoms. The summed E-state index contributed by atoms with van der Waals surface area (Å²) in [5.74, 6) is 0.116. The van der Waals surface area contributed by atoms with Crippen molar-refractivity contribution in [1.29, 1.82) is 0 Å². The zero-order valence-corrected chi connectivity index (χ0v) is 8.58. The minimum atomic E-state index is -0.0141. The molecule has 1 heterocycles. The second kappa shape index (κ2) is 3.59. The molecule has 0 aliphatic carbocycles. The van der Waals surface area contributed by atoms with Gasteiger partial charge in [0.25, 0.3) is 0 Å². The van der Waals surface area contributed by atoms with Gasteiger partial charge < -0.3 is 4.90 Å². The highest BCUT2D eigenvalue weighted by molar-refractivity contribution is 6.30. The predicted molar refractivity (Wildman–Crippen MR) is 55.0 cm³/mol. The SMILES string of the molecule is CN1C(=O)CNC1c1ccc(Cl)cc1. The van der Waals surface area contributed by atoms with Gasteiger partial charge in [0.15, 0.2) is 0 Å². The third kappa shape index (κ3) is 1.61. The van der Waals surface area contributed by atoms with E-state index < -0.39 is 0 Å². The quantitative estimate of drug-likeness (QED) is 0.760. The Kier molecular flexibility index (Phi) is 2.44. The fourth-order valence-electron chi connectivity index (χ4n) is 1.58. The van der Waals surface area contributed by atoms with Gasteiger partial charge in [-0.2, -0.15) is 0 Å². The maximum Gasteiger partial charge on any atom is 0.237 e. The smallest absolute Gasteiger partial charge is 0.237 e. The number of nitrogens with zero attached hydrogens (tertiary/aromatic N) is 1. The van der Waals surface area contributed by atoms with E-state index >= 15 is 0 Å². The van der Waals surface area contributed by atoms with Crippen molar-refractivity contribution < 1.29 is 4.79 Å². The highest BCUT2D eigenvalue weighted by Gasteiger charge is 2.27. The molecule has 1 aromatic carbocycles. The van der Waals surface area contributed by atoms with E-state index in [0.717, 1.165) is 5.56 Å². The fraction of sp³-hybridized carbons (Fsp3) is 0.300. The predicted octanol–water partition coefficient (Wildman–Crippen LogP) is 1.40. The minimum Gasteiger partial charge on any atom is -0.325 e. The average Bonchev–Trinajstić information content (AvgIpc) is 2.50. The lowest BCUT2D eigenvalue weighted by Crippen LogP contribution is -2.25. The van der Waals surface area contributed by atoms with E-state index in [0.29, 0.717) is 11.6 Å². The van der Waals surface area contributed by atoms with Gasteiger partial charge >= 0.3 is 0 Å². The van der Waals surface area contributed by atoms with Crippen molar-refractivity contribution >= 4 is 17.5 Å². The number of likely N-dealkylation sites (N-methyl/N-ethyl adjacent to an activating group) is 1. The van der Waals surface area contributed by atoms with Crippen LogP contribution in [0, 0.1) is 0 Å². The summed E-state index contributed by atoms with van der Waals surface area (Å²) in [5, 5.41) is 3.83. The maximum absolute atomic E-state index is 11.3. The van der Waals surface area contributed by atoms with Crippen LogP contribution in [0.25, 0.3) is 0 Å². The van der Waals surface area contributed by atoms with Crippen molar-refractivity contribution in [3.63, 3.8) is 0 Å². The van der Waals surface area contributed by atoms with E-state index in [1.807, 2.05) is 24.3 Å². The molecule has 3 nitrogen and oxygen atoms in total. The Labute approximate surface area is 87.7 Å². The third-order valence-corrected chi connectivity index (χ3v) is 2.67. The lowest BCUT2D eigenvalue weighted by molar-refractivity contribution is -0.126. The Bertz CT molecular complexity index is 350.